The van der Waals surface area contributed by atoms with Crippen LogP contribution in [-0.4, -0.2) is 42.7 Å². The van der Waals surface area contributed by atoms with Gasteiger partial charge in [0.05, 0.1) is 53.0 Å². The standard InChI is InChI=1S/C32H26BrF6NO7S2/c33-25-12-13-29-28(16-25)40(48(41,42)26-10-4-8-23(14-26)31(34,35)36)17-30(47-29)22(19-45-18-21-6-2-1-3-7-21)20-46-49(43,44)27-11-5-9-24(15-27)32(37,38)39/h1-16,22,30H,17-20H2. The lowest BCUT2D eigenvalue weighted by Crippen LogP contribution is -2.49. The molecular weight excluding hydrogens is 768 g/mol. The number of nitrogens with zero attached hydrogens (tertiary/aromatic N) is 1. The van der Waals surface area contributed by atoms with Crippen molar-refractivity contribution >= 4 is 41.8 Å². The van der Waals surface area contributed by atoms with Crippen molar-refractivity contribution in [1.82, 2.24) is 0 Å². The highest BCUT2D eigenvalue weighted by molar-refractivity contribution is 9.10. The van der Waals surface area contributed by atoms with Crippen LogP contribution in [0, 0.1) is 5.92 Å². The van der Waals surface area contributed by atoms with E-state index in [1.54, 1.807) is 30.3 Å². The maximum atomic E-state index is 14.0. The van der Waals surface area contributed by atoms with Crippen LogP contribution in [0.1, 0.15) is 16.7 Å². The summed E-state index contributed by atoms with van der Waals surface area (Å²) in [5.74, 6) is -1.07. The highest BCUT2D eigenvalue weighted by Gasteiger charge is 2.40. The van der Waals surface area contributed by atoms with Gasteiger partial charge in [0.2, 0.25) is 0 Å². The van der Waals surface area contributed by atoms with Gasteiger partial charge in [-0.1, -0.05) is 58.4 Å². The zero-order valence-electron chi connectivity index (χ0n) is 25.0. The summed E-state index contributed by atoms with van der Waals surface area (Å²) in [7, 11) is -9.46. The molecule has 1 heterocycles. The SMILES string of the molecule is O=S(=O)(OCC(COCc1ccccc1)C1CN(S(=O)(=O)c2cccc(C(F)(F)F)c2)c2cc(Br)ccc2O1)c1cccc(C(F)(F)F)c1. The molecule has 0 saturated heterocycles. The number of fused-ring (bicyclic) bond motifs is 1. The Balaban J connectivity index is 1.48. The molecule has 262 valence electrons. The van der Waals surface area contributed by atoms with Gasteiger partial charge in [-0.2, -0.15) is 34.8 Å². The molecule has 8 nitrogen and oxygen atoms in total. The van der Waals surface area contributed by atoms with Crippen LogP contribution in [0.15, 0.2) is 111 Å². The summed E-state index contributed by atoms with van der Waals surface area (Å²) in [6.45, 7) is -1.48. The smallest absolute Gasteiger partial charge is 0.416 e. The second-order valence-corrected chi connectivity index (χ2v) is 15.2. The zero-order chi connectivity index (χ0) is 35.6. The minimum atomic E-state index is -4.83. The Morgan fingerprint density at radius 2 is 1.39 bits per heavy atom. The van der Waals surface area contributed by atoms with Crippen molar-refractivity contribution in [3.05, 3.63) is 118 Å². The van der Waals surface area contributed by atoms with Crippen molar-refractivity contribution in [2.45, 2.75) is 34.9 Å². The Kier molecular flexibility index (Phi) is 10.7. The van der Waals surface area contributed by atoms with Crippen molar-refractivity contribution < 1.29 is 56.8 Å². The first-order chi connectivity index (χ1) is 22.9. The van der Waals surface area contributed by atoms with Gasteiger partial charge in [0, 0.05) is 10.4 Å². The number of hydrogen-bond acceptors (Lipinski definition) is 7. The monoisotopic (exact) mass is 793 g/mol. The number of benzene rings is 4. The van der Waals surface area contributed by atoms with Gasteiger partial charge in [-0.05, 0) is 60.2 Å². The molecule has 0 saturated carbocycles. The van der Waals surface area contributed by atoms with E-state index in [1.165, 1.54) is 18.2 Å². The first-order valence-corrected chi connectivity index (χ1v) is 17.9. The van der Waals surface area contributed by atoms with Crippen LogP contribution in [-0.2, 0) is 48.0 Å². The summed E-state index contributed by atoms with van der Waals surface area (Å²) in [4.78, 5) is -1.42. The molecule has 0 N–H and O–H groups in total. The van der Waals surface area contributed by atoms with Crippen molar-refractivity contribution in [2.75, 3.05) is 24.1 Å². The van der Waals surface area contributed by atoms with Gasteiger partial charge in [-0.3, -0.25) is 8.49 Å². The highest BCUT2D eigenvalue weighted by Crippen LogP contribution is 2.41. The second kappa shape index (κ2) is 14.3. The van der Waals surface area contributed by atoms with Gasteiger partial charge in [0.1, 0.15) is 11.9 Å². The zero-order valence-corrected chi connectivity index (χ0v) is 28.2. The summed E-state index contributed by atoms with van der Waals surface area (Å²) >= 11 is 3.26. The van der Waals surface area contributed by atoms with Gasteiger partial charge in [0.25, 0.3) is 20.1 Å². The molecule has 49 heavy (non-hydrogen) atoms. The molecule has 0 fully saturated rings. The van der Waals surface area contributed by atoms with Crippen LogP contribution in [0.5, 0.6) is 5.75 Å². The molecule has 0 spiro atoms. The number of hydrogen-bond donors (Lipinski definition) is 0. The van der Waals surface area contributed by atoms with E-state index < -0.39 is 78.6 Å². The second-order valence-electron chi connectivity index (χ2n) is 10.9. The fourth-order valence-electron chi connectivity index (χ4n) is 4.92. The number of halogens is 7. The third-order valence-electron chi connectivity index (χ3n) is 7.42. The van der Waals surface area contributed by atoms with E-state index in [4.69, 9.17) is 13.7 Å². The Hall–Kier alpha value is -3.64. The molecule has 0 aliphatic carbocycles. The Morgan fingerprint density at radius 3 is 2.02 bits per heavy atom. The summed E-state index contributed by atoms with van der Waals surface area (Å²) in [5.41, 5.74) is -1.67. The third-order valence-corrected chi connectivity index (χ3v) is 11.0. The summed E-state index contributed by atoms with van der Waals surface area (Å²) in [6, 6.07) is 19.3. The van der Waals surface area contributed by atoms with E-state index in [2.05, 4.69) is 15.9 Å². The van der Waals surface area contributed by atoms with Crippen LogP contribution < -0.4 is 9.04 Å². The Bertz CT molecular complexity index is 2010. The van der Waals surface area contributed by atoms with Crippen LogP contribution in [0.25, 0.3) is 0 Å². The Labute approximate surface area is 286 Å². The van der Waals surface area contributed by atoms with Crippen molar-refractivity contribution in [3.63, 3.8) is 0 Å². The molecular formula is C32H26BrF6NO7S2. The number of anilines is 1. The summed E-state index contributed by atoms with van der Waals surface area (Å²) < 4.78 is 153. The van der Waals surface area contributed by atoms with Gasteiger partial charge < -0.3 is 9.47 Å². The molecule has 2 unspecified atom stereocenters. The van der Waals surface area contributed by atoms with E-state index in [-0.39, 0.29) is 24.7 Å². The topological polar surface area (TPSA) is 99.2 Å². The van der Waals surface area contributed by atoms with Crippen LogP contribution in [0.4, 0.5) is 32.0 Å². The molecule has 4 aromatic rings. The lowest BCUT2D eigenvalue weighted by Gasteiger charge is -2.38. The normalized spacial score (nSPS) is 16.1. The molecule has 1 aliphatic rings. The molecule has 2 atom stereocenters. The predicted molar refractivity (Wildman–Crippen MR) is 169 cm³/mol. The first kappa shape index (κ1) is 36.6. The van der Waals surface area contributed by atoms with Gasteiger partial charge in [0.15, 0.2) is 0 Å². The first-order valence-electron chi connectivity index (χ1n) is 14.3. The summed E-state index contributed by atoms with van der Waals surface area (Å²) in [6.07, 6.45) is -10.9. The van der Waals surface area contributed by atoms with Crippen molar-refractivity contribution in [2.24, 2.45) is 5.92 Å². The van der Waals surface area contributed by atoms with Crippen molar-refractivity contribution in [3.8, 4) is 5.75 Å². The lowest BCUT2D eigenvalue weighted by molar-refractivity contribution is -0.138. The molecule has 0 radical (unpaired) electrons. The van der Waals surface area contributed by atoms with Crippen LogP contribution in [0.3, 0.4) is 0 Å². The molecule has 0 aromatic heterocycles. The largest absolute Gasteiger partial charge is 0.486 e. The molecule has 5 rings (SSSR count). The van der Waals surface area contributed by atoms with Gasteiger partial charge in [-0.25, -0.2) is 8.42 Å². The molecule has 1 aliphatic heterocycles. The van der Waals surface area contributed by atoms with E-state index in [9.17, 15) is 43.2 Å². The molecule has 0 amide bonds. The number of alkyl halides is 6. The molecule has 0 bridgehead atoms. The van der Waals surface area contributed by atoms with E-state index >= 15 is 0 Å². The minimum Gasteiger partial charge on any atom is -0.486 e. The highest BCUT2D eigenvalue weighted by atomic mass is 79.9. The minimum absolute atomic E-state index is 0.00351. The Morgan fingerprint density at radius 1 is 0.776 bits per heavy atom. The number of ether oxygens (including phenoxy) is 2. The average molecular weight is 795 g/mol. The maximum Gasteiger partial charge on any atom is 0.416 e. The fourth-order valence-corrected chi connectivity index (χ4v) is 7.80. The van der Waals surface area contributed by atoms with Gasteiger partial charge >= 0.3 is 12.4 Å². The molecule has 4 aromatic carbocycles. The van der Waals surface area contributed by atoms with E-state index in [0.717, 1.165) is 40.2 Å². The number of sulfonamides is 1. The van der Waals surface area contributed by atoms with E-state index in [1.807, 2.05) is 0 Å². The maximum absolute atomic E-state index is 14.0. The quantitative estimate of drug-likeness (QED) is 0.114. The number of rotatable bonds is 11. The predicted octanol–water partition coefficient (Wildman–Crippen LogP) is 7.68. The van der Waals surface area contributed by atoms with Gasteiger partial charge in [-0.15, -0.1) is 0 Å². The van der Waals surface area contributed by atoms with Crippen LogP contribution >= 0.6 is 15.9 Å². The van der Waals surface area contributed by atoms with Crippen molar-refractivity contribution in [1.29, 1.82) is 0 Å². The fraction of sp³-hybridized carbons (Fsp3) is 0.250. The van der Waals surface area contributed by atoms with E-state index in [0.29, 0.717) is 22.7 Å². The third kappa shape index (κ3) is 8.75. The average Bonchev–Trinajstić information content (AvgIpc) is 3.05. The lowest BCUT2D eigenvalue weighted by atomic mass is 10.0. The summed E-state index contributed by atoms with van der Waals surface area (Å²) in [5, 5.41) is 0. The van der Waals surface area contributed by atoms with Crippen LogP contribution in [0.2, 0.25) is 0 Å². The molecule has 17 heteroatoms.